The summed E-state index contributed by atoms with van der Waals surface area (Å²) in [5.74, 6) is 1.62. The van der Waals surface area contributed by atoms with E-state index in [1.54, 1.807) is 26.0 Å². The third kappa shape index (κ3) is 6.79. The zero-order valence-corrected chi connectivity index (χ0v) is 19.0. The summed E-state index contributed by atoms with van der Waals surface area (Å²) >= 11 is 0. The number of nitrogens with one attached hydrogen (secondary N) is 2. The van der Waals surface area contributed by atoms with Crippen LogP contribution in [0.4, 0.5) is 0 Å². The molecule has 2 N–H and O–H groups in total. The number of hydrogen-bond donors (Lipinski definition) is 2. The summed E-state index contributed by atoms with van der Waals surface area (Å²) in [5, 5.41) is 6.66. The van der Waals surface area contributed by atoms with Gasteiger partial charge in [-0.1, -0.05) is 31.2 Å². The van der Waals surface area contributed by atoms with Gasteiger partial charge in [-0.05, 0) is 49.6 Å². The van der Waals surface area contributed by atoms with Crippen LogP contribution < -0.4 is 15.4 Å². The SMILES string of the molecule is CCC(C)Oc1cc(C)ccc1CNC(=NC)NCc1ccc(C(=O)N(C)C)cc1. The Morgan fingerprint density at radius 2 is 1.77 bits per heavy atom. The lowest BCUT2D eigenvalue weighted by atomic mass is 10.1. The number of carbonyl (C=O) groups excluding carboxylic acids is 1. The monoisotopic (exact) mass is 410 g/mol. The normalized spacial score (nSPS) is 12.3. The molecule has 1 unspecified atom stereocenters. The second-order valence-corrected chi connectivity index (χ2v) is 7.62. The lowest BCUT2D eigenvalue weighted by Gasteiger charge is -2.18. The molecule has 0 aliphatic carbocycles. The van der Waals surface area contributed by atoms with Gasteiger partial charge in [0.25, 0.3) is 5.91 Å². The highest BCUT2D eigenvalue weighted by molar-refractivity contribution is 5.93. The fourth-order valence-corrected chi connectivity index (χ4v) is 2.83. The van der Waals surface area contributed by atoms with Gasteiger partial charge in [-0.3, -0.25) is 9.79 Å². The lowest BCUT2D eigenvalue weighted by molar-refractivity contribution is 0.0827. The van der Waals surface area contributed by atoms with E-state index in [4.69, 9.17) is 4.74 Å². The Morgan fingerprint density at radius 3 is 2.37 bits per heavy atom. The molecule has 0 aliphatic heterocycles. The van der Waals surface area contributed by atoms with Crippen molar-refractivity contribution in [2.24, 2.45) is 4.99 Å². The van der Waals surface area contributed by atoms with Crippen molar-refractivity contribution in [3.05, 3.63) is 64.7 Å². The smallest absolute Gasteiger partial charge is 0.253 e. The minimum absolute atomic E-state index is 0.000461. The first-order chi connectivity index (χ1) is 14.3. The molecule has 0 bridgehead atoms. The van der Waals surface area contributed by atoms with Crippen LogP contribution in [0.2, 0.25) is 0 Å². The molecule has 2 rings (SSSR count). The second-order valence-electron chi connectivity index (χ2n) is 7.62. The van der Waals surface area contributed by atoms with Crippen LogP contribution in [0.3, 0.4) is 0 Å². The molecular weight excluding hydrogens is 376 g/mol. The van der Waals surface area contributed by atoms with Gasteiger partial charge in [0, 0.05) is 45.4 Å². The van der Waals surface area contributed by atoms with E-state index in [2.05, 4.69) is 54.6 Å². The number of benzene rings is 2. The van der Waals surface area contributed by atoms with Gasteiger partial charge in [0.2, 0.25) is 0 Å². The van der Waals surface area contributed by atoms with Gasteiger partial charge in [0.05, 0.1) is 6.10 Å². The van der Waals surface area contributed by atoms with Crippen LogP contribution in [0.25, 0.3) is 0 Å². The highest BCUT2D eigenvalue weighted by Gasteiger charge is 2.10. The summed E-state index contributed by atoms with van der Waals surface area (Å²) in [6.07, 6.45) is 1.13. The first-order valence-electron chi connectivity index (χ1n) is 10.3. The zero-order valence-electron chi connectivity index (χ0n) is 19.0. The van der Waals surface area contributed by atoms with Crippen molar-refractivity contribution in [2.45, 2.75) is 46.4 Å². The highest BCUT2D eigenvalue weighted by atomic mass is 16.5. The molecule has 2 aromatic rings. The summed E-state index contributed by atoms with van der Waals surface area (Å²) in [6.45, 7) is 7.49. The second kappa shape index (κ2) is 11.2. The highest BCUT2D eigenvalue weighted by Crippen LogP contribution is 2.22. The van der Waals surface area contributed by atoms with Gasteiger partial charge >= 0.3 is 0 Å². The van der Waals surface area contributed by atoms with Crippen molar-refractivity contribution < 1.29 is 9.53 Å². The van der Waals surface area contributed by atoms with Gasteiger partial charge < -0.3 is 20.3 Å². The Labute approximate surface area is 180 Å². The largest absolute Gasteiger partial charge is 0.490 e. The third-order valence-corrected chi connectivity index (χ3v) is 4.86. The molecule has 0 aliphatic rings. The van der Waals surface area contributed by atoms with Crippen LogP contribution in [0.1, 0.15) is 47.3 Å². The van der Waals surface area contributed by atoms with E-state index in [-0.39, 0.29) is 12.0 Å². The molecule has 6 heteroatoms. The van der Waals surface area contributed by atoms with Crippen molar-refractivity contribution in [2.75, 3.05) is 21.1 Å². The molecule has 2 aromatic carbocycles. The van der Waals surface area contributed by atoms with Crippen LogP contribution in [0, 0.1) is 6.92 Å². The van der Waals surface area contributed by atoms with Crippen LogP contribution in [-0.2, 0) is 13.1 Å². The quantitative estimate of drug-likeness (QED) is 0.514. The van der Waals surface area contributed by atoms with Crippen molar-refractivity contribution in [3.8, 4) is 5.75 Å². The molecule has 0 saturated carbocycles. The lowest BCUT2D eigenvalue weighted by Crippen LogP contribution is -2.36. The molecule has 1 amide bonds. The van der Waals surface area contributed by atoms with E-state index in [9.17, 15) is 4.79 Å². The number of amides is 1. The Hall–Kier alpha value is -3.02. The minimum atomic E-state index is 0.000461. The van der Waals surface area contributed by atoms with E-state index < -0.39 is 0 Å². The van der Waals surface area contributed by atoms with Gasteiger partial charge in [-0.15, -0.1) is 0 Å². The van der Waals surface area contributed by atoms with Gasteiger partial charge in [0.15, 0.2) is 5.96 Å². The molecule has 0 saturated heterocycles. The number of aliphatic imine (C=N–C) groups is 1. The fraction of sp³-hybridized carbons (Fsp3) is 0.417. The average molecular weight is 411 g/mol. The van der Waals surface area contributed by atoms with E-state index in [0.717, 1.165) is 23.3 Å². The van der Waals surface area contributed by atoms with E-state index in [1.165, 1.54) is 5.56 Å². The van der Waals surface area contributed by atoms with Crippen LogP contribution >= 0.6 is 0 Å². The van der Waals surface area contributed by atoms with E-state index in [0.29, 0.717) is 24.6 Å². The van der Waals surface area contributed by atoms with Gasteiger partial charge in [0.1, 0.15) is 5.75 Å². The Kier molecular flexibility index (Phi) is 8.71. The number of nitrogens with zero attached hydrogens (tertiary/aromatic N) is 2. The topological polar surface area (TPSA) is 66.0 Å². The number of carbonyl (C=O) groups is 1. The molecular formula is C24H34N4O2. The Bertz CT molecular complexity index is 860. The number of rotatable bonds is 8. The molecule has 6 nitrogen and oxygen atoms in total. The Morgan fingerprint density at radius 1 is 1.10 bits per heavy atom. The fourth-order valence-electron chi connectivity index (χ4n) is 2.83. The average Bonchev–Trinajstić information content (AvgIpc) is 2.74. The van der Waals surface area contributed by atoms with Gasteiger partial charge in [-0.25, -0.2) is 0 Å². The number of aryl methyl sites for hydroxylation is 1. The standard InChI is InChI=1S/C24H34N4O2/c1-7-18(3)30-22-14-17(2)8-11-21(22)16-27-24(25-4)26-15-19-9-12-20(13-10-19)23(29)28(5)6/h8-14,18H,7,15-16H2,1-6H3,(H2,25,26,27). The molecule has 0 fully saturated rings. The number of ether oxygens (including phenoxy) is 1. The molecule has 162 valence electrons. The van der Waals surface area contributed by atoms with Crippen molar-refractivity contribution in [1.29, 1.82) is 0 Å². The third-order valence-electron chi connectivity index (χ3n) is 4.86. The first kappa shape index (κ1) is 23.3. The molecule has 0 aromatic heterocycles. The Balaban J connectivity index is 1.95. The summed E-state index contributed by atoms with van der Waals surface area (Å²) in [7, 11) is 5.25. The van der Waals surface area contributed by atoms with E-state index in [1.807, 2.05) is 24.3 Å². The molecule has 0 heterocycles. The molecule has 0 radical (unpaired) electrons. The predicted octanol–water partition coefficient (Wildman–Crippen LogP) is 3.74. The van der Waals surface area contributed by atoms with Crippen LogP contribution in [0.5, 0.6) is 5.75 Å². The number of hydrogen-bond acceptors (Lipinski definition) is 3. The maximum absolute atomic E-state index is 12.0. The molecule has 30 heavy (non-hydrogen) atoms. The molecule has 1 atom stereocenters. The number of guanidine groups is 1. The van der Waals surface area contributed by atoms with Gasteiger partial charge in [-0.2, -0.15) is 0 Å². The maximum atomic E-state index is 12.0. The minimum Gasteiger partial charge on any atom is -0.490 e. The van der Waals surface area contributed by atoms with Crippen LogP contribution in [0.15, 0.2) is 47.5 Å². The maximum Gasteiger partial charge on any atom is 0.253 e. The van der Waals surface area contributed by atoms with E-state index >= 15 is 0 Å². The van der Waals surface area contributed by atoms with Crippen molar-refractivity contribution in [3.63, 3.8) is 0 Å². The summed E-state index contributed by atoms with van der Waals surface area (Å²) < 4.78 is 6.09. The van der Waals surface area contributed by atoms with Crippen LogP contribution in [-0.4, -0.2) is 44.0 Å². The van der Waals surface area contributed by atoms with Crippen molar-refractivity contribution in [1.82, 2.24) is 15.5 Å². The first-order valence-corrected chi connectivity index (χ1v) is 10.3. The molecule has 0 spiro atoms. The predicted molar refractivity (Wildman–Crippen MR) is 123 cm³/mol. The summed E-state index contributed by atoms with van der Waals surface area (Å²) in [4.78, 5) is 17.9. The van der Waals surface area contributed by atoms with Crippen molar-refractivity contribution >= 4 is 11.9 Å². The zero-order chi connectivity index (χ0) is 22.1. The summed E-state index contributed by atoms with van der Waals surface area (Å²) in [5.41, 5.74) is 4.02. The summed E-state index contributed by atoms with van der Waals surface area (Å²) in [6, 6.07) is 13.9.